The number of ether oxygens (including phenoxy) is 2. The Hall–Kier alpha value is -1.33. The third-order valence-corrected chi connectivity index (χ3v) is 4.18. The van der Waals surface area contributed by atoms with Crippen LogP contribution in [0.25, 0.3) is 0 Å². The van der Waals surface area contributed by atoms with Gasteiger partial charge in [-0.05, 0) is 32.8 Å². The second-order valence-electron chi connectivity index (χ2n) is 5.68. The molecule has 1 saturated carbocycles. The molecule has 1 amide bonds. The van der Waals surface area contributed by atoms with E-state index in [1.807, 2.05) is 13.8 Å². The monoisotopic (exact) mass is 279 g/mol. The molecule has 2 heterocycles. The predicted molar refractivity (Wildman–Crippen MR) is 72.5 cm³/mol. The van der Waals surface area contributed by atoms with Gasteiger partial charge in [0.25, 0.3) is 5.91 Å². The van der Waals surface area contributed by atoms with E-state index in [1.165, 1.54) is 0 Å². The average Bonchev–Trinajstić information content (AvgIpc) is 3.00. The fourth-order valence-corrected chi connectivity index (χ4v) is 3.11. The van der Waals surface area contributed by atoms with Crippen molar-refractivity contribution in [1.82, 2.24) is 5.32 Å². The van der Waals surface area contributed by atoms with Crippen LogP contribution in [0.2, 0.25) is 0 Å². The lowest BCUT2D eigenvalue weighted by molar-refractivity contribution is -0.179. The van der Waals surface area contributed by atoms with E-state index in [-0.39, 0.29) is 17.7 Å². The second-order valence-corrected chi connectivity index (χ2v) is 5.68. The Morgan fingerprint density at radius 1 is 1.25 bits per heavy atom. The molecule has 3 rings (SSSR count). The molecule has 1 spiro atoms. The van der Waals surface area contributed by atoms with Crippen molar-refractivity contribution in [3.05, 3.63) is 23.2 Å². The van der Waals surface area contributed by atoms with E-state index in [4.69, 9.17) is 13.9 Å². The van der Waals surface area contributed by atoms with Crippen LogP contribution in [-0.4, -0.2) is 30.9 Å². The first-order chi connectivity index (χ1) is 9.58. The molecule has 0 unspecified atom stereocenters. The molecule has 0 radical (unpaired) electrons. The highest BCUT2D eigenvalue weighted by Gasteiger charge is 2.40. The molecule has 0 atom stereocenters. The van der Waals surface area contributed by atoms with Gasteiger partial charge in [-0.3, -0.25) is 4.79 Å². The highest BCUT2D eigenvalue weighted by molar-refractivity contribution is 5.95. The Kier molecular flexibility index (Phi) is 3.56. The maximum absolute atomic E-state index is 12.2. The number of rotatable bonds is 2. The van der Waals surface area contributed by atoms with Gasteiger partial charge in [-0.1, -0.05) is 0 Å². The zero-order valence-corrected chi connectivity index (χ0v) is 12.0. The Balaban J connectivity index is 1.57. The minimum absolute atomic E-state index is 0.0476. The van der Waals surface area contributed by atoms with Crippen LogP contribution in [0.15, 0.2) is 10.5 Å². The van der Waals surface area contributed by atoms with Gasteiger partial charge in [-0.25, -0.2) is 0 Å². The molecule has 1 saturated heterocycles. The van der Waals surface area contributed by atoms with Gasteiger partial charge in [0.15, 0.2) is 5.79 Å². The molecule has 1 aliphatic carbocycles. The molecule has 0 aromatic carbocycles. The highest BCUT2D eigenvalue weighted by Crippen LogP contribution is 2.35. The van der Waals surface area contributed by atoms with Gasteiger partial charge >= 0.3 is 0 Å². The van der Waals surface area contributed by atoms with Crippen molar-refractivity contribution in [2.24, 2.45) is 0 Å². The van der Waals surface area contributed by atoms with Crippen molar-refractivity contribution in [1.29, 1.82) is 0 Å². The van der Waals surface area contributed by atoms with Crippen LogP contribution >= 0.6 is 0 Å². The Labute approximate surface area is 118 Å². The number of carbonyl (C=O) groups is 1. The second kappa shape index (κ2) is 5.22. The van der Waals surface area contributed by atoms with Gasteiger partial charge < -0.3 is 19.2 Å². The van der Waals surface area contributed by atoms with Crippen LogP contribution in [0, 0.1) is 13.8 Å². The van der Waals surface area contributed by atoms with Crippen molar-refractivity contribution < 1.29 is 18.7 Å². The summed E-state index contributed by atoms with van der Waals surface area (Å²) in [7, 11) is 0. The van der Waals surface area contributed by atoms with Crippen LogP contribution in [-0.2, 0) is 9.47 Å². The van der Waals surface area contributed by atoms with Gasteiger partial charge in [-0.15, -0.1) is 0 Å². The van der Waals surface area contributed by atoms with Crippen LogP contribution < -0.4 is 5.32 Å². The number of hydrogen-bond acceptors (Lipinski definition) is 4. The summed E-state index contributed by atoms with van der Waals surface area (Å²) in [6.07, 6.45) is 3.48. The standard InChI is InChI=1S/C15H21NO4/c1-10-9-13(11(2)20-10)14(17)16-12-3-5-15(6-4-12)18-7-8-19-15/h9,12H,3-8H2,1-2H3,(H,16,17). The normalized spacial score (nSPS) is 22.3. The molecule has 1 aromatic rings. The maximum atomic E-state index is 12.2. The SMILES string of the molecule is Cc1cc(C(=O)NC2CCC3(CC2)OCCO3)c(C)o1. The fraction of sp³-hybridized carbons (Fsp3) is 0.667. The predicted octanol–water partition coefficient (Wildman–Crippen LogP) is 2.31. The summed E-state index contributed by atoms with van der Waals surface area (Å²) in [4.78, 5) is 12.2. The van der Waals surface area contributed by atoms with E-state index in [0.717, 1.165) is 31.4 Å². The first-order valence-corrected chi connectivity index (χ1v) is 7.24. The Morgan fingerprint density at radius 3 is 2.45 bits per heavy atom. The molecular formula is C15H21NO4. The molecule has 2 fully saturated rings. The number of amides is 1. The van der Waals surface area contributed by atoms with Crippen LogP contribution in [0.5, 0.6) is 0 Å². The zero-order chi connectivity index (χ0) is 14.2. The number of nitrogens with one attached hydrogen (secondary N) is 1. The van der Waals surface area contributed by atoms with E-state index >= 15 is 0 Å². The first-order valence-electron chi connectivity index (χ1n) is 7.24. The van der Waals surface area contributed by atoms with Gasteiger partial charge in [0.2, 0.25) is 0 Å². The minimum atomic E-state index is -0.372. The summed E-state index contributed by atoms with van der Waals surface area (Å²) in [6.45, 7) is 5.04. The molecule has 1 aromatic heterocycles. The summed E-state index contributed by atoms with van der Waals surface area (Å²) in [5.74, 6) is 1.02. The lowest BCUT2D eigenvalue weighted by Gasteiger charge is -2.35. The summed E-state index contributed by atoms with van der Waals surface area (Å²) in [5.41, 5.74) is 0.635. The lowest BCUT2D eigenvalue weighted by Crippen LogP contribution is -2.44. The third-order valence-electron chi connectivity index (χ3n) is 4.18. The van der Waals surface area contributed by atoms with E-state index in [9.17, 15) is 4.79 Å². The molecule has 110 valence electrons. The van der Waals surface area contributed by atoms with Gasteiger partial charge in [-0.2, -0.15) is 0 Å². The largest absolute Gasteiger partial charge is 0.466 e. The Bertz CT molecular complexity index is 492. The molecule has 2 aliphatic rings. The summed E-state index contributed by atoms with van der Waals surface area (Å²) in [5, 5.41) is 3.09. The Morgan fingerprint density at radius 2 is 1.90 bits per heavy atom. The number of aryl methyl sites for hydroxylation is 2. The third kappa shape index (κ3) is 2.60. The van der Waals surface area contributed by atoms with Crippen molar-refractivity contribution in [2.75, 3.05) is 13.2 Å². The fourth-order valence-electron chi connectivity index (χ4n) is 3.11. The van der Waals surface area contributed by atoms with Crippen LogP contribution in [0.3, 0.4) is 0 Å². The van der Waals surface area contributed by atoms with E-state index < -0.39 is 0 Å². The van der Waals surface area contributed by atoms with Crippen molar-refractivity contribution in [3.63, 3.8) is 0 Å². The maximum Gasteiger partial charge on any atom is 0.255 e. The minimum Gasteiger partial charge on any atom is -0.466 e. The summed E-state index contributed by atoms with van der Waals surface area (Å²) < 4.78 is 16.8. The van der Waals surface area contributed by atoms with E-state index in [2.05, 4.69) is 5.32 Å². The average molecular weight is 279 g/mol. The quantitative estimate of drug-likeness (QED) is 0.902. The highest BCUT2D eigenvalue weighted by atomic mass is 16.7. The van der Waals surface area contributed by atoms with E-state index in [0.29, 0.717) is 24.5 Å². The van der Waals surface area contributed by atoms with Crippen molar-refractivity contribution >= 4 is 5.91 Å². The molecule has 1 N–H and O–H groups in total. The topological polar surface area (TPSA) is 60.7 Å². The number of carbonyl (C=O) groups excluding carboxylic acids is 1. The molecule has 1 aliphatic heterocycles. The van der Waals surface area contributed by atoms with Gasteiger partial charge in [0, 0.05) is 18.9 Å². The van der Waals surface area contributed by atoms with Crippen LogP contribution in [0.4, 0.5) is 0 Å². The number of hydrogen-bond donors (Lipinski definition) is 1. The molecule has 5 heteroatoms. The smallest absolute Gasteiger partial charge is 0.255 e. The number of furan rings is 1. The molecule has 0 bridgehead atoms. The molecular weight excluding hydrogens is 258 g/mol. The van der Waals surface area contributed by atoms with E-state index in [1.54, 1.807) is 6.07 Å². The lowest BCUT2D eigenvalue weighted by atomic mass is 9.90. The molecule has 20 heavy (non-hydrogen) atoms. The summed E-state index contributed by atoms with van der Waals surface area (Å²) >= 11 is 0. The van der Waals surface area contributed by atoms with Crippen molar-refractivity contribution in [3.8, 4) is 0 Å². The van der Waals surface area contributed by atoms with Gasteiger partial charge in [0.1, 0.15) is 11.5 Å². The summed E-state index contributed by atoms with van der Waals surface area (Å²) in [6, 6.07) is 1.98. The first kappa shape index (κ1) is 13.6. The molecule has 5 nitrogen and oxygen atoms in total. The van der Waals surface area contributed by atoms with Gasteiger partial charge in [0.05, 0.1) is 18.8 Å². The zero-order valence-electron chi connectivity index (χ0n) is 12.0. The van der Waals surface area contributed by atoms with Crippen LogP contribution in [0.1, 0.15) is 47.6 Å². The van der Waals surface area contributed by atoms with Crippen molar-refractivity contribution in [2.45, 2.75) is 51.4 Å².